The highest BCUT2D eigenvalue weighted by Crippen LogP contribution is 2.28. The van der Waals surface area contributed by atoms with Crippen molar-refractivity contribution in [2.75, 3.05) is 0 Å². The van der Waals surface area contributed by atoms with Crippen LogP contribution in [0, 0.1) is 17.1 Å². The molecule has 0 saturated carbocycles. The maximum Gasteiger partial charge on any atom is 0.123 e. The molecular formula is C19H14FN. The summed E-state index contributed by atoms with van der Waals surface area (Å²) >= 11 is 0. The van der Waals surface area contributed by atoms with E-state index in [1.54, 1.807) is 12.1 Å². The van der Waals surface area contributed by atoms with Crippen molar-refractivity contribution in [2.45, 2.75) is 12.3 Å². The lowest BCUT2D eigenvalue weighted by atomic mass is 9.89. The second kappa shape index (κ2) is 5.76. The number of halogens is 1. The predicted molar refractivity (Wildman–Crippen MR) is 82.4 cm³/mol. The average molecular weight is 275 g/mol. The summed E-state index contributed by atoms with van der Waals surface area (Å²) in [6.45, 7) is 0. The highest BCUT2D eigenvalue weighted by Gasteiger charge is 2.14. The van der Waals surface area contributed by atoms with Gasteiger partial charge in [0.2, 0.25) is 0 Å². The summed E-state index contributed by atoms with van der Waals surface area (Å²) in [5.41, 5.74) is 2.00. The van der Waals surface area contributed by atoms with Gasteiger partial charge in [-0.2, -0.15) is 5.26 Å². The third kappa shape index (κ3) is 2.78. The zero-order chi connectivity index (χ0) is 14.7. The molecule has 0 N–H and O–H groups in total. The van der Waals surface area contributed by atoms with Crippen LogP contribution in [0.5, 0.6) is 0 Å². The summed E-state index contributed by atoms with van der Waals surface area (Å²) in [5.74, 6) is -0.487. The molecule has 1 nitrogen and oxygen atoms in total. The van der Waals surface area contributed by atoms with Gasteiger partial charge in [0, 0.05) is 0 Å². The lowest BCUT2D eigenvalue weighted by Crippen LogP contribution is -2.01. The van der Waals surface area contributed by atoms with Crippen LogP contribution < -0.4 is 0 Å². The van der Waals surface area contributed by atoms with Crippen molar-refractivity contribution >= 4 is 10.8 Å². The molecule has 0 saturated heterocycles. The van der Waals surface area contributed by atoms with Gasteiger partial charge in [-0.15, -0.1) is 0 Å². The van der Waals surface area contributed by atoms with Gasteiger partial charge in [0.15, 0.2) is 0 Å². The Balaban J connectivity index is 1.99. The Morgan fingerprint density at radius 1 is 0.905 bits per heavy atom. The van der Waals surface area contributed by atoms with E-state index in [1.807, 2.05) is 42.5 Å². The molecule has 0 aromatic heterocycles. The standard InChI is InChI=1S/C19H14FN/c20-17-10-8-14(9-11-17)12-16(13-21)19-7-3-5-15-4-1-2-6-18(15)19/h1-11,16H,12H2. The van der Waals surface area contributed by atoms with Crippen LogP contribution in [0.4, 0.5) is 4.39 Å². The molecule has 2 heteroatoms. The van der Waals surface area contributed by atoms with Gasteiger partial charge in [0.05, 0.1) is 12.0 Å². The molecule has 0 amide bonds. The molecule has 1 unspecified atom stereocenters. The van der Waals surface area contributed by atoms with Crippen LogP contribution in [-0.2, 0) is 6.42 Å². The fraction of sp³-hybridized carbons (Fsp3) is 0.105. The molecule has 0 bridgehead atoms. The Bertz CT molecular complexity index is 794. The van der Waals surface area contributed by atoms with Gasteiger partial charge in [-0.05, 0) is 40.5 Å². The molecule has 3 aromatic carbocycles. The van der Waals surface area contributed by atoms with Gasteiger partial charge in [-0.25, -0.2) is 4.39 Å². The van der Waals surface area contributed by atoms with E-state index in [-0.39, 0.29) is 11.7 Å². The molecule has 1 atom stereocenters. The number of rotatable bonds is 3. The zero-order valence-corrected chi connectivity index (χ0v) is 11.5. The smallest absolute Gasteiger partial charge is 0.123 e. The largest absolute Gasteiger partial charge is 0.207 e. The fourth-order valence-electron chi connectivity index (χ4n) is 2.64. The fourth-order valence-corrected chi connectivity index (χ4v) is 2.64. The quantitative estimate of drug-likeness (QED) is 0.671. The summed E-state index contributed by atoms with van der Waals surface area (Å²) < 4.78 is 13.0. The molecule has 21 heavy (non-hydrogen) atoms. The average Bonchev–Trinajstić information content (AvgIpc) is 2.54. The zero-order valence-electron chi connectivity index (χ0n) is 11.5. The lowest BCUT2D eigenvalue weighted by Gasteiger charge is -2.12. The number of nitriles is 1. The molecule has 0 heterocycles. The molecule has 0 radical (unpaired) electrons. The second-order valence-corrected chi connectivity index (χ2v) is 5.08. The minimum atomic E-state index is -0.252. The molecule has 0 aliphatic carbocycles. The Morgan fingerprint density at radius 3 is 2.38 bits per heavy atom. The third-order valence-corrected chi connectivity index (χ3v) is 3.71. The molecule has 0 spiro atoms. The van der Waals surface area contributed by atoms with Gasteiger partial charge >= 0.3 is 0 Å². The maximum absolute atomic E-state index is 13.0. The van der Waals surface area contributed by atoms with Crippen molar-refractivity contribution in [3.05, 3.63) is 83.7 Å². The van der Waals surface area contributed by atoms with Crippen LogP contribution in [0.1, 0.15) is 17.0 Å². The van der Waals surface area contributed by atoms with E-state index >= 15 is 0 Å². The van der Waals surface area contributed by atoms with E-state index in [4.69, 9.17) is 0 Å². The van der Waals surface area contributed by atoms with E-state index < -0.39 is 0 Å². The van der Waals surface area contributed by atoms with Crippen LogP contribution in [0.2, 0.25) is 0 Å². The Hall–Kier alpha value is -2.66. The Morgan fingerprint density at radius 2 is 1.62 bits per heavy atom. The molecular weight excluding hydrogens is 261 g/mol. The van der Waals surface area contributed by atoms with Gasteiger partial charge in [-0.1, -0.05) is 54.6 Å². The molecule has 0 aliphatic rings. The molecule has 3 aromatic rings. The Kier molecular flexibility index (Phi) is 3.66. The minimum absolute atomic E-state index is 0.235. The first-order chi connectivity index (χ1) is 10.3. The van der Waals surface area contributed by atoms with E-state index in [0.29, 0.717) is 6.42 Å². The normalized spacial score (nSPS) is 12.0. The summed E-state index contributed by atoms with van der Waals surface area (Å²) in [6, 6.07) is 22.8. The van der Waals surface area contributed by atoms with Crippen molar-refractivity contribution in [3.8, 4) is 6.07 Å². The van der Waals surface area contributed by atoms with Crippen LogP contribution in [-0.4, -0.2) is 0 Å². The molecule has 0 aliphatic heterocycles. The lowest BCUT2D eigenvalue weighted by molar-refractivity contribution is 0.626. The molecule has 0 fully saturated rings. The SMILES string of the molecule is N#CC(Cc1ccc(F)cc1)c1cccc2ccccc12. The van der Waals surface area contributed by atoms with Gasteiger partial charge in [-0.3, -0.25) is 0 Å². The monoisotopic (exact) mass is 275 g/mol. The van der Waals surface area contributed by atoms with Crippen molar-refractivity contribution in [3.63, 3.8) is 0 Å². The summed E-state index contributed by atoms with van der Waals surface area (Å²) in [5, 5.41) is 11.8. The van der Waals surface area contributed by atoms with Crippen molar-refractivity contribution in [1.29, 1.82) is 5.26 Å². The van der Waals surface area contributed by atoms with E-state index in [1.165, 1.54) is 12.1 Å². The van der Waals surface area contributed by atoms with Crippen molar-refractivity contribution in [2.24, 2.45) is 0 Å². The second-order valence-electron chi connectivity index (χ2n) is 5.08. The van der Waals surface area contributed by atoms with Crippen molar-refractivity contribution in [1.82, 2.24) is 0 Å². The van der Waals surface area contributed by atoms with Gasteiger partial charge < -0.3 is 0 Å². The van der Waals surface area contributed by atoms with Crippen LogP contribution in [0.3, 0.4) is 0 Å². The summed E-state index contributed by atoms with van der Waals surface area (Å²) in [4.78, 5) is 0. The maximum atomic E-state index is 13.0. The number of hydrogen-bond acceptors (Lipinski definition) is 1. The first-order valence-corrected chi connectivity index (χ1v) is 6.89. The highest BCUT2D eigenvalue weighted by atomic mass is 19.1. The summed E-state index contributed by atoms with van der Waals surface area (Å²) in [6.07, 6.45) is 0.588. The highest BCUT2D eigenvalue weighted by molar-refractivity contribution is 5.86. The van der Waals surface area contributed by atoms with Crippen LogP contribution in [0.25, 0.3) is 10.8 Å². The summed E-state index contributed by atoms with van der Waals surface area (Å²) in [7, 11) is 0. The van der Waals surface area contributed by atoms with Crippen molar-refractivity contribution < 1.29 is 4.39 Å². The van der Waals surface area contributed by atoms with E-state index in [0.717, 1.165) is 21.9 Å². The topological polar surface area (TPSA) is 23.8 Å². The van der Waals surface area contributed by atoms with Gasteiger partial charge in [0.1, 0.15) is 5.82 Å². The molecule has 102 valence electrons. The van der Waals surface area contributed by atoms with Crippen LogP contribution >= 0.6 is 0 Å². The first-order valence-electron chi connectivity index (χ1n) is 6.89. The number of benzene rings is 3. The predicted octanol–water partition coefficient (Wildman–Crippen LogP) is 4.83. The number of hydrogen-bond donors (Lipinski definition) is 0. The number of fused-ring (bicyclic) bond motifs is 1. The van der Waals surface area contributed by atoms with E-state index in [2.05, 4.69) is 6.07 Å². The molecule has 3 rings (SSSR count). The first kappa shape index (κ1) is 13.3. The third-order valence-electron chi connectivity index (χ3n) is 3.71. The van der Waals surface area contributed by atoms with Gasteiger partial charge in [0.25, 0.3) is 0 Å². The minimum Gasteiger partial charge on any atom is -0.207 e. The van der Waals surface area contributed by atoms with E-state index in [9.17, 15) is 9.65 Å². The van der Waals surface area contributed by atoms with Crippen LogP contribution in [0.15, 0.2) is 66.7 Å². The Labute approximate surface area is 123 Å². The number of nitrogens with zero attached hydrogens (tertiary/aromatic N) is 1.